The van der Waals surface area contributed by atoms with Gasteiger partial charge >= 0.3 is 0 Å². The van der Waals surface area contributed by atoms with Crippen LogP contribution in [0, 0.1) is 5.92 Å². The zero-order chi connectivity index (χ0) is 9.19. The van der Waals surface area contributed by atoms with Gasteiger partial charge in [-0.2, -0.15) is 8.42 Å². The highest BCUT2D eigenvalue weighted by atomic mass is 32.2. The number of hydrogen-bond acceptors (Lipinski definition) is 3. The SMILES string of the molecule is O=C1NCCCC1CS(=O)(=O)O. The van der Waals surface area contributed by atoms with E-state index >= 15 is 0 Å². The van der Waals surface area contributed by atoms with Gasteiger partial charge in [0.2, 0.25) is 5.91 Å². The van der Waals surface area contributed by atoms with Crippen LogP contribution in [0.3, 0.4) is 0 Å². The van der Waals surface area contributed by atoms with Crippen molar-refractivity contribution in [3.63, 3.8) is 0 Å². The summed E-state index contributed by atoms with van der Waals surface area (Å²) >= 11 is 0. The first-order valence-electron chi connectivity index (χ1n) is 3.72. The Morgan fingerprint density at radius 1 is 1.58 bits per heavy atom. The molecule has 0 saturated carbocycles. The van der Waals surface area contributed by atoms with Gasteiger partial charge in [-0.25, -0.2) is 0 Å². The first-order valence-corrected chi connectivity index (χ1v) is 5.33. The van der Waals surface area contributed by atoms with Gasteiger partial charge < -0.3 is 5.32 Å². The van der Waals surface area contributed by atoms with E-state index in [1.165, 1.54) is 0 Å². The van der Waals surface area contributed by atoms with Crippen molar-refractivity contribution in [2.24, 2.45) is 5.92 Å². The minimum absolute atomic E-state index is 0.279. The van der Waals surface area contributed by atoms with Gasteiger partial charge in [0.15, 0.2) is 0 Å². The summed E-state index contributed by atoms with van der Waals surface area (Å²) in [6, 6.07) is 0. The van der Waals surface area contributed by atoms with Crippen LogP contribution in [0.15, 0.2) is 0 Å². The molecule has 1 aliphatic rings. The summed E-state index contributed by atoms with van der Waals surface area (Å²) in [5, 5.41) is 2.54. The Balaban J connectivity index is 2.56. The molecule has 0 bridgehead atoms. The van der Waals surface area contributed by atoms with Gasteiger partial charge in [0.05, 0.1) is 11.7 Å². The number of rotatable bonds is 2. The van der Waals surface area contributed by atoms with Gasteiger partial charge in [0.1, 0.15) is 0 Å². The Morgan fingerprint density at radius 2 is 2.25 bits per heavy atom. The van der Waals surface area contributed by atoms with E-state index in [2.05, 4.69) is 5.32 Å². The maximum Gasteiger partial charge on any atom is 0.265 e. The topological polar surface area (TPSA) is 83.5 Å². The molecule has 1 saturated heterocycles. The Kier molecular flexibility index (Phi) is 2.69. The number of piperidine rings is 1. The average Bonchev–Trinajstić information content (AvgIpc) is 1.91. The molecule has 1 rings (SSSR count). The number of carbonyl (C=O) groups is 1. The molecule has 0 aromatic carbocycles. The predicted octanol–water partition coefficient (Wildman–Crippen LogP) is -0.600. The normalized spacial score (nSPS) is 25.1. The molecule has 0 aromatic heterocycles. The fourth-order valence-corrected chi connectivity index (χ4v) is 2.08. The van der Waals surface area contributed by atoms with Gasteiger partial charge in [-0.3, -0.25) is 9.35 Å². The van der Waals surface area contributed by atoms with Crippen LogP contribution in [-0.2, 0) is 14.9 Å². The minimum Gasteiger partial charge on any atom is -0.356 e. The Morgan fingerprint density at radius 3 is 2.75 bits per heavy atom. The third kappa shape index (κ3) is 2.78. The summed E-state index contributed by atoms with van der Waals surface area (Å²) in [6.45, 7) is 0.598. The number of nitrogens with one attached hydrogen (secondary N) is 1. The second kappa shape index (κ2) is 3.40. The van der Waals surface area contributed by atoms with E-state index in [-0.39, 0.29) is 5.91 Å². The second-order valence-corrected chi connectivity index (χ2v) is 4.38. The molecule has 70 valence electrons. The third-order valence-electron chi connectivity index (χ3n) is 1.81. The fourth-order valence-electron chi connectivity index (χ4n) is 1.25. The van der Waals surface area contributed by atoms with E-state index < -0.39 is 21.8 Å². The molecule has 1 amide bonds. The summed E-state index contributed by atoms with van der Waals surface area (Å²) in [5.41, 5.74) is 0. The van der Waals surface area contributed by atoms with Gasteiger partial charge in [-0.05, 0) is 12.8 Å². The maximum absolute atomic E-state index is 11.0. The molecule has 1 aliphatic heterocycles. The number of hydrogen-bond donors (Lipinski definition) is 2. The highest BCUT2D eigenvalue weighted by Crippen LogP contribution is 2.12. The largest absolute Gasteiger partial charge is 0.356 e. The molecule has 2 N–H and O–H groups in total. The van der Waals surface area contributed by atoms with Crippen molar-refractivity contribution in [1.82, 2.24) is 5.32 Å². The molecule has 0 spiro atoms. The van der Waals surface area contributed by atoms with E-state index in [4.69, 9.17) is 4.55 Å². The summed E-state index contributed by atoms with van der Waals surface area (Å²) in [5.74, 6) is -1.31. The zero-order valence-corrected chi connectivity index (χ0v) is 7.30. The van der Waals surface area contributed by atoms with E-state index in [0.717, 1.165) is 6.42 Å². The molecule has 1 unspecified atom stereocenters. The monoisotopic (exact) mass is 193 g/mol. The molecule has 12 heavy (non-hydrogen) atoms. The van der Waals surface area contributed by atoms with Gasteiger partial charge in [-0.1, -0.05) is 0 Å². The Hall–Kier alpha value is -0.620. The maximum atomic E-state index is 11.0. The quantitative estimate of drug-likeness (QED) is 0.574. The molecule has 1 heterocycles. The van der Waals surface area contributed by atoms with Crippen molar-refractivity contribution in [2.75, 3.05) is 12.3 Å². The summed E-state index contributed by atoms with van der Waals surface area (Å²) in [4.78, 5) is 11.0. The first kappa shape index (κ1) is 9.47. The van der Waals surface area contributed by atoms with E-state index in [0.29, 0.717) is 13.0 Å². The van der Waals surface area contributed by atoms with Crippen LogP contribution in [-0.4, -0.2) is 31.2 Å². The first-order chi connectivity index (χ1) is 5.49. The predicted molar refractivity (Wildman–Crippen MR) is 42.1 cm³/mol. The minimum atomic E-state index is -4.02. The molecular weight excluding hydrogens is 182 g/mol. The summed E-state index contributed by atoms with van der Waals surface area (Å²) in [7, 11) is -4.02. The van der Waals surface area contributed by atoms with Crippen molar-refractivity contribution >= 4 is 16.0 Å². The Labute approximate surface area is 70.9 Å². The summed E-state index contributed by atoms with van der Waals surface area (Å²) in [6.07, 6.45) is 1.30. The Bertz CT molecular complexity index is 271. The van der Waals surface area contributed by atoms with Crippen LogP contribution >= 0.6 is 0 Å². The second-order valence-electron chi connectivity index (χ2n) is 2.88. The summed E-state index contributed by atoms with van der Waals surface area (Å²) < 4.78 is 29.3. The van der Waals surface area contributed by atoms with E-state index in [9.17, 15) is 13.2 Å². The lowest BCUT2D eigenvalue weighted by atomic mass is 10.0. The van der Waals surface area contributed by atoms with Gasteiger partial charge in [0, 0.05) is 6.54 Å². The molecule has 5 nitrogen and oxygen atoms in total. The molecule has 0 aromatic rings. The molecule has 1 fully saturated rings. The van der Waals surface area contributed by atoms with Gasteiger partial charge in [-0.15, -0.1) is 0 Å². The van der Waals surface area contributed by atoms with Crippen molar-refractivity contribution in [3.8, 4) is 0 Å². The lowest BCUT2D eigenvalue weighted by Gasteiger charge is -2.20. The van der Waals surface area contributed by atoms with Crippen molar-refractivity contribution in [1.29, 1.82) is 0 Å². The highest BCUT2D eigenvalue weighted by molar-refractivity contribution is 7.85. The van der Waals surface area contributed by atoms with Crippen LogP contribution in [0.25, 0.3) is 0 Å². The van der Waals surface area contributed by atoms with E-state index in [1.807, 2.05) is 0 Å². The van der Waals surface area contributed by atoms with Gasteiger partial charge in [0.25, 0.3) is 10.1 Å². The van der Waals surface area contributed by atoms with Crippen molar-refractivity contribution in [2.45, 2.75) is 12.8 Å². The van der Waals surface area contributed by atoms with Crippen molar-refractivity contribution < 1.29 is 17.8 Å². The van der Waals surface area contributed by atoms with Crippen LogP contribution in [0.2, 0.25) is 0 Å². The van der Waals surface area contributed by atoms with E-state index in [1.54, 1.807) is 0 Å². The third-order valence-corrected chi connectivity index (χ3v) is 2.63. The van der Waals surface area contributed by atoms with Crippen LogP contribution in [0.4, 0.5) is 0 Å². The smallest absolute Gasteiger partial charge is 0.265 e. The van der Waals surface area contributed by atoms with Crippen molar-refractivity contribution in [3.05, 3.63) is 0 Å². The zero-order valence-electron chi connectivity index (χ0n) is 6.49. The number of carbonyl (C=O) groups excluding carboxylic acids is 1. The number of amides is 1. The molecule has 0 aliphatic carbocycles. The molecule has 6 heteroatoms. The lowest BCUT2D eigenvalue weighted by molar-refractivity contribution is -0.125. The lowest BCUT2D eigenvalue weighted by Crippen LogP contribution is -2.39. The molecular formula is C6H11NO4S. The highest BCUT2D eigenvalue weighted by Gasteiger charge is 2.26. The molecule has 1 atom stereocenters. The van der Waals surface area contributed by atoms with Crippen LogP contribution < -0.4 is 5.32 Å². The van der Waals surface area contributed by atoms with Crippen LogP contribution in [0.1, 0.15) is 12.8 Å². The average molecular weight is 193 g/mol. The fraction of sp³-hybridized carbons (Fsp3) is 0.833. The standard InChI is InChI=1S/C6H11NO4S/c8-6-5(2-1-3-7-6)4-12(9,10)11/h5H,1-4H2,(H,7,8)(H,9,10,11). The molecule has 0 radical (unpaired) electrons. The van der Waals surface area contributed by atoms with Crippen LogP contribution in [0.5, 0.6) is 0 Å².